The zero-order chi connectivity index (χ0) is 14.7. The van der Waals surface area contributed by atoms with Gasteiger partial charge in [0.25, 0.3) is 0 Å². The lowest BCUT2D eigenvalue weighted by Crippen LogP contribution is -2.06. The maximum absolute atomic E-state index is 13.8. The molecule has 0 aromatic heterocycles. The minimum absolute atomic E-state index is 0.235. The third kappa shape index (κ3) is 3.25. The predicted octanol–water partition coefficient (Wildman–Crippen LogP) is 4.36. The first-order valence-electron chi connectivity index (χ1n) is 7.72. The van der Waals surface area contributed by atoms with Crippen molar-refractivity contribution in [1.29, 1.82) is 0 Å². The Kier molecular flexibility index (Phi) is 4.51. The molecule has 0 spiro atoms. The van der Waals surface area contributed by atoms with Gasteiger partial charge < -0.3 is 9.84 Å². The monoisotopic (exact) mass is 288 g/mol. The molecule has 3 heteroatoms. The molecule has 0 bridgehead atoms. The first-order chi connectivity index (χ1) is 10.3. The number of aliphatic hydroxyl groups is 1. The minimum Gasteiger partial charge on any atom is -0.388 e. The van der Waals surface area contributed by atoms with Crippen LogP contribution < -0.4 is 0 Å². The van der Waals surface area contributed by atoms with Crippen LogP contribution in [0.1, 0.15) is 43.8 Å². The normalized spacial score (nSPS) is 20.0. The Morgan fingerprint density at radius 1 is 1.19 bits per heavy atom. The number of ether oxygens (including phenoxy) is 1. The number of hydrogen-bond acceptors (Lipinski definition) is 2. The van der Waals surface area contributed by atoms with E-state index in [1.54, 1.807) is 12.1 Å². The van der Waals surface area contributed by atoms with Gasteiger partial charge in [-0.25, -0.2) is 4.39 Å². The molecule has 2 unspecified atom stereocenters. The van der Waals surface area contributed by atoms with E-state index >= 15 is 0 Å². The van der Waals surface area contributed by atoms with E-state index in [4.69, 9.17) is 4.74 Å². The van der Waals surface area contributed by atoms with Gasteiger partial charge in [-0.2, -0.15) is 0 Å². The van der Waals surface area contributed by atoms with Crippen LogP contribution in [0.15, 0.2) is 36.4 Å². The van der Waals surface area contributed by atoms with E-state index in [0.29, 0.717) is 17.9 Å². The number of benzene rings is 2. The molecule has 0 radical (unpaired) electrons. The molecule has 3 rings (SSSR count). The Bertz CT molecular complexity index is 605. The molecule has 2 nitrogen and oxygen atoms in total. The van der Waals surface area contributed by atoms with E-state index in [-0.39, 0.29) is 5.82 Å². The molecular formula is C18H21FO2. The lowest BCUT2D eigenvalue weighted by atomic mass is 9.96. The van der Waals surface area contributed by atoms with Gasteiger partial charge in [-0.3, -0.25) is 0 Å². The second-order valence-corrected chi connectivity index (χ2v) is 5.76. The highest BCUT2D eigenvalue weighted by Crippen LogP contribution is 2.29. The van der Waals surface area contributed by atoms with E-state index in [9.17, 15) is 9.50 Å². The standard InChI is InChI=1S/C18H21FO2/c19-17-11-10-16(14-7-1-2-8-15(14)17)18(20)9-3-5-13-6-4-12-21-13/h1-2,7-8,10-11,13,18,20H,3-6,9,12H2. The molecule has 2 aromatic carbocycles. The minimum atomic E-state index is -0.545. The van der Waals surface area contributed by atoms with Crippen molar-refractivity contribution in [1.82, 2.24) is 0 Å². The van der Waals surface area contributed by atoms with Gasteiger partial charge >= 0.3 is 0 Å². The van der Waals surface area contributed by atoms with Gasteiger partial charge in [0, 0.05) is 12.0 Å². The summed E-state index contributed by atoms with van der Waals surface area (Å²) in [4.78, 5) is 0. The van der Waals surface area contributed by atoms with Crippen molar-refractivity contribution in [2.75, 3.05) is 6.61 Å². The summed E-state index contributed by atoms with van der Waals surface area (Å²) in [6, 6.07) is 10.5. The van der Waals surface area contributed by atoms with Crippen LogP contribution in [0.5, 0.6) is 0 Å². The van der Waals surface area contributed by atoms with Crippen LogP contribution in [0.4, 0.5) is 4.39 Å². The average molecular weight is 288 g/mol. The number of hydrogen-bond donors (Lipinski definition) is 1. The van der Waals surface area contributed by atoms with Crippen LogP contribution in [0, 0.1) is 5.82 Å². The maximum Gasteiger partial charge on any atom is 0.131 e. The van der Waals surface area contributed by atoms with Gasteiger partial charge in [-0.1, -0.05) is 30.3 Å². The molecule has 112 valence electrons. The molecule has 1 fully saturated rings. The molecule has 0 aliphatic carbocycles. The molecule has 1 aliphatic heterocycles. The third-order valence-corrected chi connectivity index (χ3v) is 4.29. The van der Waals surface area contributed by atoms with Gasteiger partial charge in [-0.05, 0) is 49.1 Å². The molecule has 0 amide bonds. The number of rotatable bonds is 5. The second kappa shape index (κ2) is 6.54. The van der Waals surface area contributed by atoms with E-state index in [1.165, 1.54) is 6.07 Å². The Morgan fingerprint density at radius 3 is 2.76 bits per heavy atom. The van der Waals surface area contributed by atoms with Crippen molar-refractivity contribution in [2.45, 2.75) is 44.3 Å². The van der Waals surface area contributed by atoms with Gasteiger partial charge in [0.1, 0.15) is 5.82 Å². The Balaban J connectivity index is 1.69. The quantitative estimate of drug-likeness (QED) is 0.885. The Labute approximate surface area is 124 Å². The Morgan fingerprint density at radius 2 is 2.00 bits per heavy atom. The van der Waals surface area contributed by atoms with Gasteiger partial charge in [0.15, 0.2) is 0 Å². The summed E-state index contributed by atoms with van der Waals surface area (Å²) < 4.78 is 19.4. The molecule has 1 N–H and O–H groups in total. The lowest BCUT2D eigenvalue weighted by molar-refractivity contribution is 0.0946. The van der Waals surface area contributed by atoms with Crippen LogP contribution >= 0.6 is 0 Å². The molecule has 1 saturated heterocycles. The zero-order valence-electron chi connectivity index (χ0n) is 12.1. The Hall–Kier alpha value is -1.45. The first kappa shape index (κ1) is 14.5. The fourth-order valence-electron chi connectivity index (χ4n) is 3.14. The van der Waals surface area contributed by atoms with E-state index < -0.39 is 6.10 Å². The van der Waals surface area contributed by atoms with Gasteiger partial charge in [-0.15, -0.1) is 0 Å². The fraction of sp³-hybridized carbons (Fsp3) is 0.444. The number of aliphatic hydroxyl groups excluding tert-OH is 1. The summed E-state index contributed by atoms with van der Waals surface area (Å²) in [6.45, 7) is 0.871. The van der Waals surface area contributed by atoms with Crippen molar-refractivity contribution in [3.8, 4) is 0 Å². The molecule has 2 atom stereocenters. The molecule has 21 heavy (non-hydrogen) atoms. The highest BCUT2D eigenvalue weighted by Gasteiger charge is 2.17. The highest BCUT2D eigenvalue weighted by atomic mass is 19.1. The summed E-state index contributed by atoms with van der Waals surface area (Å²) in [5, 5.41) is 11.8. The zero-order valence-corrected chi connectivity index (χ0v) is 12.1. The van der Waals surface area contributed by atoms with Gasteiger partial charge in [0.2, 0.25) is 0 Å². The van der Waals surface area contributed by atoms with Crippen molar-refractivity contribution in [2.24, 2.45) is 0 Å². The van der Waals surface area contributed by atoms with Crippen molar-refractivity contribution in [3.63, 3.8) is 0 Å². The van der Waals surface area contributed by atoms with Crippen molar-refractivity contribution < 1.29 is 14.2 Å². The van der Waals surface area contributed by atoms with E-state index in [1.807, 2.05) is 18.2 Å². The lowest BCUT2D eigenvalue weighted by Gasteiger charge is -2.15. The second-order valence-electron chi connectivity index (χ2n) is 5.76. The van der Waals surface area contributed by atoms with Crippen LogP contribution in [0.2, 0.25) is 0 Å². The molecule has 2 aromatic rings. The fourth-order valence-corrected chi connectivity index (χ4v) is 3.14. The topological polar surface area (TPSA) is 29.5 Å². The molecule has 1 aliphatic rings. The third-order valence-electron chi connectivity index (χ3n) is 4.29. The largest absolute Gasteiger partial charge is 0.388 e. The van der Waals surface area contributed by atoms with E-state index in [0.717, 1.165) is 43.2 Å². The molecular weight excluding hydrogens is 267 g/mol. The highest BCUT2D eigenvalue weighted by molar-refractivity contribution is 5.86. The average Bonchev–Trinajstić information content (AvgIpc) is 3.01. The smallest absolute Gasteiger partial charge is 0.131 e. The number of halogens is 1. The van der Waals surface area contributed by atoms with Crippen LogP contribution in [0.3, 0.4) is 0 Å². The summed E-state index contributed by atoms with van der Waals surface area (Å²) in [5.41, 5.74) is 0.819. The van der Waals surface area contributed by atoms with Crippen LogP contribution in [0.25, 0.3) is 10.8 Å². The summed E-state index contributed by atoms with van der Waals surface area (Å²) in [6.07, 6.45) is 4.72. The maximum atomic E-state index is 13.8. The predicted molar refractivity (Wildman–Crippen MR) is 81.7 cm³/mol. The first-order valence-corrected chi connectivity index (χ1v) is 7.72. The molecule has 0 saturated carbocycles. The van der Waals surface area contributed by atoms with Crippen LogP contribution in [-0.4, -0.2) is 17.8 Å². The van der Waals surface area contributed by atoms with E-state index in [2.05, 4.69) is 0 Å². The van der Waals surface area contributed by atoms with Crippen LogP contribution in [-0.2, 0) is 4.74 Å². The van der Waals surface area contributed by atoms with Gasteiger partial charge in [0.05, 0.1) is 12.2 Å². The summed E-state index contributed by atoms with van der Waals surface area (Å²) in [7, 11) is 0. The molecule has 1 heterocycles. The number of fused-ring (bicyclic) bond motifs is 1. The summed E-state index contributed by atoms with van der Waals surface area (Å²) >= 11 is 0. The summed E-state index contributed by atoms with van der Waals surface area (Å²) in [5.74, 6) is -0.235. The SMILES string of the molecule is OC(CCCC1CCCO1)c1ccc(F)c2ccccc12. The van der Waals surface area contributed by atoms with Crippen molar-refractivity contribution >= 4 is 10.8 Å². The van der Waals surface area contributed by atoms with Crippen molar-refractivity contribution in [3.05, 3.63) is 47.8 Å².